The van der Waals surface area contributed by atoms with Crippen LogP contribution in [-0.4, -0.2) is 21.9 Å². The summed E-state index contributed by atoms with van der Waals surface area (Å²) in [6.07, 6.45) is 22.2. The molecule has 2 rings (SSSR count). The SMILES string of the molecule is CCCCCCCCCCCCCCCCCCO.Oc1ccccc1.Oc1ccccc1. The van der Waals surface area contributed by atoms with Crippen LogP contribution in [0.25, 0.3) is 0 Å². The molecule has 0 spiro atoms. The van der Waals surface area contributed by atoms with Crippen LogP contribution in [0.1, 0.15) is 110 Å². The lowest BCUT2D eigenvalue weighted by Crippen LogP contribution is -1.85. The van der Waals surface area contributed by atoms with Crippen molar-refractivity contribution >= 4 is 0 Å². The number of aromatic hydroxyl groups is 2. The first-order valence-electron chi connectivity index (χ1n) is 13.3. The number of rotatable bonds is 16. The molecule has 0 saturated heterocycles. The Morgan fingerprint density at radius 1 is 0.424 bits per heavy atom. The molecule has 2 aromatic carbocycles. The highest BCUT2D eigenvalue weighted by Crippen LogP contribution is 2.13. The van der Waals surface area contributed by atoms with E-state index >= 15 is 0 Å². The number of benzene rings is 2. The molecule has 0 aliphatic rings. The van der Waals surface area contributed by atoms with Crippen molar-refractivity contribution in [3.63, 3.8) is 0 Å². The van der Waals surface area contributed by atoms with E-state index in [1.165, 1.54) is 96.3 Å². The lowest BCUT2D eigenvalue weighted by atomic mass is 10.0. The number of hydrogen-bond acceptors (Lipinski definition) is 3. The first-order chi connectivity index (χ1) is 16.2. The molecule has 2 aromatic rings. The zero-order valence-corrected chi connectivity index (χ0v) is 21.1. The summed E-state index contributed by atoms with van der Waals surface area (Å²) in [7, 11) is 0. The van der Waals surface area contributed by atoms with E-state index in [9.17, 15) is 0 Å². The third kappa shape index (κ3) is 26.1. The van der Waals surface area contributed by atoms with Gasteiger partial charge in [0.1, 0.15) is 11.5 Å². The summed E-state index contributed by atoms with van der Waals surface area (Å²) in [5.74, 6) is 0.644. The third-order valence-corrected chi connectivity index (χ3v) is 5.52. The lowest BCUT2D eigenvalue weighted by molar-refractivity contribution is 0.282. The van der Waals surface area contributed by atoms with Crippen molar-refractivity contribution in [1.29, 1.82) is 0 Å². The van der Waals surface area contributed by atoms with Gasteiger partial charge in [0, 0.05) is 6.61 Å². The van der Waals surface area contributed by atoms with Gasteiger partial charge in [0.05, 0.1) is 0 Å². The molecule has 3 heteroatoms. The summed E-state index contributed by atoms with van der Waals surface area (Å²) >= 11 is 0. The normalized spacial score (nSPS) is 10.0. The maximum absolute atomic E-state index is 8.67. The largest absolute Gasteiger partial charge is 0.508 e. The monoisotopic (exact) mass is 458 g/mol. The zero-order valence-electron chi connectivity index (χ0n) is 21.1. The summed E-state index contributed by atoms with van der Waals surface area (Å²) in [4.78, 5) is 0. The highest BCUT2D eigenvalue weighted by molar-refractivity contribution is 5.19. The molecule has 0 saturated carbocycles. The van der Waals surface area contributed by atoms with Gasteiger partial charge in [-0.2, -0.15) is 0 Å². The van der Waals surface area contributed by atoms with Crippen LogP contribution in [0, 0.1) is 0 Å². The second-order valence-electron chi connectivity index (χ2n) is 8.70. The van der Waals surface area contributed by atoms with Crippen LogP contribution >= 0.6 is 0 Å². The van der Waals surface area contributed by atoms with Crippen molar-refractivity contribution in [2.75, 3.05) is 6.61 Å². The van der Waals surface area contributed by atoms with Crippen LogP contribution in [0.2, 0.25) is 0 Å². The first-order valence-corrected chi connectivity index (χ1v) is 13.3. The Morgan fingerprint density at radius 2 is 0.697 bits per heavy atom. The summed E-state index contributed by atoms with van der Waals surface area (Å²) in [5, 5.41) is 25.9. The topological polar surface area (TPSA) is 60.7 Å². The molecule has 0 radical (unpaired) electrons. The number of phenolic OH excluding ortho intramolecular Hbond substituents is 2. The average Bonchev–Trinajstić information content (AvgIpc) is 2.83. The quantitative estimate of drug-likeness (QED) is 0.220. The van der Waals surface area contributed by atoms with Gasteiger partial charge in [-0.25, -0.2) is 0 Å². The van der Waals surface area contributed by atoms with E-state index in [0.29, 0.717) is 18.1 Å². The Hall–Kier alpha value is -2.00. The van der Waals surface area contributed by atoms with Crippen LogP contribution in [0.15, 0.2) is 60.7 Å². The van der Waals surface area contributed by atoms with Gasteiger partial charge >= 0.3 is 0 Å². The molecule has 0 bridgehead atoms. The standard InChI is InChI=1S/C18H38O.2C6H6O/c1-2-3-4-5-6-7-8-9-10-11-12-13-14-15-16-17-18-19;2*7-6-4-2-1-3-5-6/h19H,2-18H2,1H3;2*1-5,7H. The second-order valence-corrected chi connectivity index (χ2v) is 8.70. The predicted molar refractivity (Wildman–Crippen MR) is 143 cm³/mol. The molecule has 3 nitrogen and oxygen atoms in total. The van der Waals surface area contributed by atoms with Gasteiger partial charge in [0.2, 0.25) is 0 Å². The fraction of sp³-hybridized carbons (Fsp3) is 0.600. The summed E-state index contributed by atoms with van der Waals surface area (Å²) in [6, 6.07) is 17.4. The Morgan fingerprint density at radius 3 is 0.909 bits per heavy atom. The summed E-state index contributed by atoms with van der Waals surface area (Å²) in [5.41, 5.74) is 0. The molecule has 0 aromatic heterocycles. The Kier molecular flexibility index (Phi) is 24.7. The molecule has 0 amide bonds. The van der Waals surface area contributed by atoms with E-state index < -0.39 is 0 Å². The number of phenols is 2. The second kappa shape index (κ2) is 26.3. The van der Waals surface area contributed by atoms with Gasteiger partial charge in [-0.05, 0) is 30.7 Å². The number of hydrogen-bond donors (Lipinski definition) is 3. The van der Waals surface area contributed by atoms with Crippen LogP contribution in [0.3, 0.4) is 0 Å². The fourth-order valence-electron chi connectivity index (χ4n) is 3.52. The van der Waals surface area contributed by atoms with Gasteiger partial charge in [-0.15, -0.1) is 0 Å². The minimum absolute atomic E-state index is 0.322. The minimum atomic E-state index is 0.322. The van der Waals surface area contributed by atoms with Crippen molar-refractivity contribution in [2.45, 2.75) is 110 Å². The van der Waals surface area contributed by atoms with E-state index in [2.05, 4.69) is 6.92 Å². The van der Waals surface area contributed by atoms with Crippen molar-refractivity contribution in [3.05, 3.63) is 60.7 Å². The number of para-hydroxylation sites is 2. The molecule has 0 fully saturated rings. The Balaban J connectivity index is 0.000000584. The van der Waals surface area contributed by atoms with Crippen molar-refractivity contribution in [3.8, 4) is 11.5 Å². The third-order valence-electron chi connectivity index (χ3n) is 5.52. The molecule has 0 atom stereocenters. The number of aliphatic hydroxyl groups is 1. The summed E-state index contributed by atoms with van der Waals surface area (Å²) in [6.45, 7) is 2.66. The smallest absolute Gasteiger partial charge is 0.115 e. The average molecular weight is 459 g/mol. The molecular formula is C30H50O3. The van der Waals surface area contributed by atoms with E-state index in [0.717, 1.165) is 6.42 Å². The molecule has 3 N–H and O–H groups in total. The lowest BCUT2D eigenvalue weighted by Gasteiger charge is -2.03. The van der Waals surface area contributed by atoms with Gasteiger partial charge in [0.15, 0.2) is 0 Å². The van der Waals surface area contributed by atoms with Crippen LogP contribution in [0.5, 0.6) is 11.5 Å². The molecule has 0 heterocycles. The zero-order chi connectivity index (χ0) is 24.2. The van der Waals surface area contributed by atoms with Crippen LogP contribution in [-0.2, 0) is 0 Å². The van der Waals surface area contributed by atoms with Gasteiger partial charge in [-0.3, -0.25) is 0 Å². The Bertz CT molecular complexity index is 533. The van der Waals surface area contributed by atoms with E-state index in [1.807, 2.05) is 12.1 Å². The molecule has 0 aliphatic carbocycles. The Labute approximate surface area is 203 Å². The minimum Gasteiger partial charge on any atom is -0.508 e. The van der Waals surface area contributed by atoms with Crippen molar-refractivity contribution < 1.29 is 15.3 Å². The van der Waals surface area contributed by atoms with Gasteiger partial charge in [-0.1, -0.05) is 140 Å². The first kappa shape index (κ1) is 31.0. The van der Waals surface area contributed by atoms with Crippen LogP contribution < -0.4 is 0 Å². The maximum atomic E-state index is 8.67. The predicted octanol–water partition coefficient (Wildman–Crippen LogP) is 9.02. The van der Waals surface area contributed by atoms with E-state index in [-0.39, 0.29) is 0 Å². The molecule has 0 unspecified atom stereocenters. The van der Waals surface area contributed by atoms with Crippen LogP contribution in [0.4, 0.5) is 0 Å². The van der Waals surface area contributed by atoms with Gasteiger partial charge < -0.3 is 15.3 Å². The molecule has 33 heavy (non-hydrogen) atoms. The van der Waals surface area contributed by atoms with Gasteiger partial charge in [0.25, 0.3) is 0 Å². The van der Waals surface area contributed by atoms with Crippen molar-refractivity contribution in [1.82, 2.24) is 0 Å². The summed E-state index contributed by atoms with van der Waals surface area (Å²) < 4.78 is 0. The highest BCUT2D eigenvalue weighted by atomic mass is 16.3. The molecule has 0 aliphatic heterocycles. The molecule has 188 valence electrons. The fourth-order valence-corrected chi connectivity index (χ4v) is 3.52. The number of unbranched alkanes of at least 4 members (excludes halogenated alkanes) is 15. The maximum Gasteiger partial charge on any atom is 0.115 e. The van der Waals surface area contributed by atoms with E-state index in [1.54, 1.807) is 48.5 Å². The highest BCUT2D eigenvalue weighted by Gasteiger charge is 1.94. The van der Waals surface area contributed by atoms with E-state index in [4.69, 9.17) is 15.3 Å². The molecular weight excluding hydrogens is 408 g/mol. The number of aliphatic hydroxyl groups excluding tert-OH is 1. The van der Waals surface area contributed by atoms with Crippen molar-refractivity contribution in [2.24, 2.45) is 0 Å².